The van der Waals surface area contributed by atoms with E-state index in [0.29, 0.717) is 25.6 Å². The summed E-state index contributed by atoms with van der Waals surface area (Å²) in [5, 5.41) is 12.3. The van der Waals surface area contributed by atoms with E-state index >= 15 is 0 Å². The molecule has 1 aromatic heterocycles. The second kappa shape index (κ2) is 11.4. The predicted octanol–water partition coefficient (Wildman–Crippen LogP) is 3.67. The number of ether oxygens (including phenoxy) is 2. The number of aliphatic hydroxyl groups is 1. The van der Waals surface area contributed by atoms with Crippen LogP contribution in [0.3, 0.4) is 0 Å². The summed E-state index contributed by atoms with van der Waals surface area (Å²) in [7, 11) is -0.642. The summed E-state index contributed by atoms with van der Waals surface area (Å²) < 4.78 is 13.3. The SMILES string of the molecule is CS(C)(C)CCOCn1c(CNC(=O)OCc2ccccc2)nc2cccc(CCO)c21. The van der Waals surface area contributed by atoms with Gasteiger partial charge in [0.05, 0.1) is 24.2 Å². The molecular formula is C24H33N3O4S. The molecule has 0 saturated heterocycles. The number of carbonyl (C=O) groups is 1. The Bertz CT molecular complexity index is 1020. The molecule has 0 aliphatic rings. The largest absolute Gasteiger partial charge is 0.445 e. The summed E-state index contributed by atoms with van der Waals surface area (Å²) in [6, 6.07) is 15.4. The van der Waals surface area contributed by atoms with Crippen LogP contribution in [-0.4, -0.2) is 58.5 Å². The molecule has 3 rings (SSSR count). The molecule has 2 aromatic carbocycles. The van der Waals surface area contributed by atoms with Crippen LogP contribution in [0.25, 0.3) is 11.0 Å². The van der Waals surface area contributed by atoms with E-state index < -0.39 is 16.1 Å². The fraction of sp³-hybridized carbons (Fsp3) is 0.417. The highest BCUT2D eigenvalue weighted by Gasteiger charge is 2.16. The molecule has 0 fully saturated rings. The van der Waals surface area contributed by atoms with Gasteiger partial charge in [-0.05, 0) is 42.4 Å². The molecule has 8 heteroatoms. The van der Waals surface area contributed by atoms with Crippen molar-refractivity contribution in [3.8, 4) is 0 Å². The maximum Gasteiger partial charge on any atom is 0.407 e. The molecule has 0 bridgehead atoms. The molecule has 0 aliphatic heterocycles. The lowest BCUT2D eigenvalue weighted by Crippen LogP contribution is -2.26. The van der Waals surface area contributed by atoms with Crippen molar-refractivity contribution in [3.05, 3.63) is 65.5 Å². The lowest BCUT2D eigenvalue weighted by molar-refractivity contribution is 0.0896. The summed E-state index contributed by atoms with van der Waals surface area (Å²) in [5.74, 6) is 1.70. The highest BCUT2D eigenvalue weighted by molar-refractivity contribution is 8.32. The number of carbonyl (C=O) groups excluding carboxylic acids is 1. The first-order valence-electron chi connectivity index (χ1n) is 10.6. The number of aromatic nitrogens is 2. The molecule has 7 nitrogen and oxygen atoms in total. The number of amides is 1. The van der Waals surface area contributed by atoms with E-state index in [1.165, 1.54) is 0 Å². The van der Waals surface area contributed by atoms with E-state index in [2.05, 4.69) is 24.1 Å². The van der Waals surface area contributed by atoms with E-state index in [-0.39, 0.29) is 19.8 Å². The third-order valence-electron chi connectivity index (χ3n) is 4.97. The summed E-state index contributed by atoms with van der Waals surface area (Å²) >= 11 is 0. The van der Waals surface area contributed by atoms with Gasteiger partial charge in [-0.25, -0.2) is 19.8 Å². The highest BCUT2D eigenvalue weighted by atomic mass is 32.3. The van der Waals surface area contributed by atoms with Gasteiger partial charge in [0.1, 0.15) is 19.2 Å². The zero-order chi connectivity index (χ0) is 23.0. The summed E-state index contributed by atoms with van der Waals surface area (Å²) in [4.78, 5) is 16.9. The number of alkyl carbamates (subject to hydrolysis) is 1. The lowest BCUT2D eigenvalue weighted by atomic mass is 10.1. The molecule has 0 aliphatic carbocycles. The van der Waals surface area contributed by atoms with E-state index in [4.69, 9.17) is 14.5 Å². The quantitative estimate of drug-likeness (QED) is 0.428. The molecule has 0 radical (unpaired) electrons. The second-order valence-electron chi connectivity index (χ2n) is 8.46. The second-order valence-corrected chi connectivity index (χ2v) is 13.1. The van der Waals surface area contributed by atoms with Gasteiger partial charge in [0.25, 0.3) is 0 Å². The van der Waals surface area contributed by atoms with Gasteiger partial charge in [0, 0.05) is 12.4 Å². The molecule has 1 heterocycles. The number of hydrogen-bond acceptors (Lipinski definition) is 5. The third kappa shape index (κ3) is 6.98. The van der Waals surface area contributed by atoms with Crippen LogP contribution in [0.4, 0.5) is 4.79 Å². The van der Waals surface area contributed by atoms with Gasteiger partial charge in [-0.1, -0.05) is 42.5 Å². The van der Waals surface area contributed by atoms with Gasteiger partial charge < -0.3 is 24.5 Å². The van der Waals surface area contributed by atoms with E-state index in [9.17, 15) is 9.90 Å². The number of nitrogens with zero attached hydrogens (tertiary/aromatic N) is 2. The van der Waals surface area contributed by atoms with Gasteiger partial charge in [-0.3, -0.25) is 0 Å². The van der Waals surface area contributed by atoms with Crippen molar-refractivity contribution in [3.63, 3.8) is 0 Å². The smallest absolute Gasteiger partial charge is 0.407 e. The molecule has 32 heavy (non-hydrogen) atoms. The molecule has 2 N–H and O–H groups in total. The predicted molar refractivity (Wildman–Crippen MR) is 130 cm³/mol. The van der Waals surface area contributed by atoms with Crippen molar-refractivity contribution in [2.45, 2.75) is 26.3 Å². The average molecular weight is 460 g/mol. The molecule has 0 saturated carbocycles. The Balaban J connectivity index is 1.71. The van der Waals surface area contributed by atoms with Crippen molar-refractivity contribution in [2.24, 2.45) is 0 Å². The Labute approximate surface area is 191 Å². The minimum atomic E-state index is -0.642. The Hall–Kier alpha value is -2.55. The van der Waals surface area contributed by atoms with Gasteiger partial charge in [-0.2, -0.15) is 0 Å². The molecule has 0 unspecified atom stereocenters. The fourth-order valence-electron chi connectivity index (χ4n) is 3.29. The standard InChI is InChI=1S/C24H33N3O4S/c1-32(2,3)15-14-30-18-27-22(26-21-11-7-10-20(12-13-28)23(21)27)16-25-24(29)31-17-19-8-5-4-6-9-19/h4-11,28H,12-18H2,1-3H3,(H,25,29). The molecule has 174 valence electrons. The van der Waals surface area contributed by atoms with Gasteiger partial charge in [0.2, 0.25) is 0 Å². The number of benzene rings is 2. The van der Waals surface area contributed by atoms with Crippen molar-refractivity contribution in [1.29, 1.82) is 0 Å². The lowest BCUT2D eigenvalue weighted by Gasteiger charge is -2.24. The maximum atomic E-state index is 12.2. The molecule has 0 spiro atoms. The van der Waals surface area contributed by atoms with Crippen molar-refractivity contribution in [2.75, 3.05) is 37.7 Å². The van der Waals surface area contributed by atoms with Crippen LogP contribution in [0.1, 0.15) is 17.0 Å². The number of imidazole rings is 1. The molecule has 0 atom stereocenters. The van der Waals surface area contributed by atoms with Crippen molar-refractivity contribution >= 4 is 27.2 Å². The number of hydrogen-bond donors (Lipinski definition) is 2. The number of nitrogens with one attached hydrogen (secondary N) is 1. The van der Waals surface area contributed by atoms with Crippen molar-refractivity contribution in [1.82, 2.24) is 14.9 Å². The summed E-state index contributed by atoms with van der Waals surface area (Å²) in [6.07, 6.45) is 6.82. The van der Waals surface area contributed by atoms with Crippen LogP contribution < -0.4 is 5.32 Å². The average Bonchev–Trinajstić information content (AvgIpc) is 3.12. The Morgan fingerprint density at radius 1 is 1.12 bits per heavy atom. The van der Waals surface area contributed by atoms with Crippen LogP contribution in [0, 0.1) is 0 Å². The first-order chi connectivity index (χ1) is 15.4. The number of fused-ring (bicyclic) bond motifs is 1. The minimum Gasteiger partial charge on any atom is -0.445 e. The molecule has 1 amide bonds. The maximum absolute atomic E-state index is 12.2. The zero-order valence-electron chi connectivity index (χ0n) is 19.0. The van der Waals surface area contributed by atoms with Gasteiger partial charge in [-0.15, -0.1) is 0 Å². The van der Waals surface area contributed by atoms with Gasteiger partial charge >= 0.3 is 6.09 Å². The fourth-order valence-corrected chi connectivity index (χ4v) is 3.91. The number of para-hydroxylation sites is 1. The van der Waals surface area contributed by atoms with E-state index in [1.54, 1.807) is 0 Å². The Morgan fingerprint density at radius 3 is 2.62 bits per heavy atom. The van der Waals surface area contributed by atoms with Gasteiger partial charge in [0.15, 0.2) is 0 Å². The van der Waals surface area contributed by atoms with Crippen LogP contribution in [0.2, 0.25) is 0 Å². The normalized spacial score (nSPS) is 12.1. The summed E-state index contributed by atoms with van der Waals surface area (Å²) in [5.41, 5.74) is 3.67. The third-order valence-corrected chi connectivity index (χ3v) is 6.37. The van der Waals surface area contributed by atoms with Crippen LogP contribution >= 0.6 is 10.0 Å². The zero-order valence-corrected chi connectivity index (χ0v) is 19.9. The first-order valence-corrected chi connectivity index (χ1v) is 13.7. The Kier molecular flexibility index (Phi) is 8.55. The van der Waals surface area contributed by atoms with Crippen LogP contribution in [0.15, 0.2) is 48.5 Å². The monoisotopic (exact) mass is 459 g/mol. The Morgan fingerprint density at radius 2 is 1.91 bits per heavy atom. The summed E-state index contributed by atoms with van der Waals surface area (Å²) in [6.45, 7) is 1.48. The number of rotatable bonds is 11. The van der Waals surface area contributed by atoms with Crippen LogP contribution in [-0.2, 0) is 35.8 Å². The van der Waals surface area contributed by atoms with Crippen molar-refractivity contribution < 1.29 is 19.4 Å². The van der Waals surface area contributed by atoms with Crippen LogP contribution in [0.5, 0.6) is 0 Å². The molecule has 3 aromatic rings. The van der Waals surface area contributed by atoms with E-state index in [1.807, 2.05) is 53.1 Å². The molecular weight excluding hydrogens is 426 g/mol. The first kappa shape index (κ1) is 24.1. The van der Waals surface area contributed by atoms with E-state index in [0.717, 1.165) is 27.9 Å². The minimum absolute atomic E-state index is 0.0535. The topological polar surface area (TPSA) is 85.6 Å². The highest BCUT2D eigenvalue weighted by Crippen LogP contribution is 2.33. The number of aliphatic hydroxyl groups excluding tert-OH is 1.